The first-order valence-electron chi connectivity index (χ1n) is 6.31. The van der Waals surface area contributed by atoms with Crippen molar-refractivity contribution in [2.45, 2.75) is 13.3 Å². The number of carboxylic acids is 1. The van der Waals surface area contributed by atoms with E-state index in [4.69, 9.17) is 5.11 Å². The molecule has 2 unspecified atom stereocenters. The minimum atomic E-state index is -0.756. The first-order valence-corrected chi connectivity index (χ1v) is 7.19. The number of piperidine rings is 1. The van der Waals surface area contributed by atoms with Crippen LogP contribution in [0.3, 0.4) is 0 Å². The number of rotatable bonds is 3. The van der Waals surface area contributed by atoms with E-state index in [1.54, 1.807) is 28.4 Å². The molecule has 4 nitrogen and oxygen atoms in total. The van der Waals surface area contributed by atoms with E-state index in [-0.39, 0.29) is 17.7 Å². The van der Waals surface area contributed by atoms with Gasteiger partial charge in [-0.2, -0.15) is 0 Å². The van der Waals surface area contributed by atoms with Gasteiger partial charge in [-0.25, -0.2) is 0 Å². The molecule has 0 saturated carbocycles. The molecule has 1 aromatic rings. The third-order valence-electron chi connectivity index (χ3n) is 3.47. The van der Waals surface area contributed by atoms with E-state index >= 15 is 0 Å². The lowest BCUT2D eigenvalue weighted by Crippen LogP contribution is -2.44. The molecule has 2 rings (SSSR count). The Kier molecular flexibility index (Phi) is 4.37. The Morgan fingerprint density at radius 2 is 2.32 bits per heavy atom. The maximum atomic E-state index is 12.0. The molecule has 1 saturated heterocycles. The van der Waals surface area contributed by atoms with Crippen LogP contribution >= 0.6 is 11.3 Å². The first kappa shape index (κ1) is 13.8. The zero-order valence-corrected chi connectivity index (χ0v) is 11.6. The molecule has 2 heterocycles. The van der Waals surface area contributed by atoms with E-state index in [1.807, 2.05) is 24.4 Å². The van der Waals surface area contributed by atoms with Crippen LogP contribution in [0.4, 0.5) is 0 Å². The van der Waals surface area contributed by atoms with Crippen LogP contribution in [0.15, 0.2) is 23.6 Å². The van der Waals surface area contributed by atoms with Crippen molar-refractivity contribution in [1.29, 1.82) is 0 Å². The fourth-order valence-corrected chi connectivity index (χ4v) is 2.98. The summed E-state index contributed by atoms with van der Waals surface area (Å²) in [7, 11) is 0. The van der Waals surface area contributed by atoms with Crippen LogP contribution in [0, 0.1) is 11.8 Å². The van der Waals surface area contributed by atoms with Crippen LogP contribution in [-0.2, 0) is 9.59 Å². The van der Waals surface area contributed by atoms with Crippen LogP contribution in [0.5, 0.6) is 0 Å². The molecule has 0 bridgehead atoms. The van der Waals surface area contributed by atoms with Crippen LogP contribution in [-0.4, -0.2) is 35.0 Å². The van der Waals surface area contributed by atoms with Crippen LogP contribution in [0.25, 0.3) is 6.08 Å². The van der Waals surface area contributed by atoms with Gasteiger partial charge >= 0.3 is 5.97 Å². The Morgan fingerprint density at radius 3 is 2.89 bits per heavy atom. The third kappa shape index (κ3) is 3.44. The molecular formula is C14H17NO3S. The summed E-state index contributed by atoms with van der Waals surface area (Å²) >= 11 is 1.58. The molecule has 0 aromatic carbocycles. The van der Waals surface area contributed by atoms with E-state index in [9.17, 15) is 9.59 Å². The van der Waals surface area contributed by atoms with Gasteiger partial charge in [-0.1, -0.05) is 13.0 Å². The monoisotopic (exact) mass is 279 g/mol. The van der Waals surface area contributed by atoms with Gasteiger partial charge in [0.15, 0.2) is 0 Å². The van der Waals surface area contributed by atoms with Gasteiger partial charge in [0.25, 0.3) is 0 Å². The Bertz CT molecular complexity index is 481. The quantitative estimate of drug-likeness (QED) is 0.864. The maximum Gasteiger partial charge on any atom is 0.306 e. The van der Waals surface area contributed by atoms with Crippen LogP contribution < -0.4 is 0 Å². The van der Waals surface area contributed by atoms with E-state index in [1.165, 1.54) is 0 Å². The largest absolute Gasteiger partial charge is 0.481 e. The molecule has 5 heteroatoms. The molecule has 1 amide bonds. The van der Waals surface area contributed by atoms with Gasteiger partial charge in [0.1, 0.15) is 0 Å². The number of carbonyl (C=O) groups excluding carboxylic acids is 1. The predicted octanol–water partition coefficient (Wildman–Crippen LogP) is 2.33. The highest BCUT2D eigenvalue weighted by molar-refractivity contribution is 7.10. The fourth-order valence-electron chi connectivity index (χ4n) is 2.36. The number of carboxylic acid groups (broad SMARTS) is 1. The van der Waals surface area contributed by atoms with Gasteiger partial charge in [-0.05, 0) is 29.9 Å². The van der Waals surface area contributed by atoms with Crippen LogP contribution in [0.2, 0.25) is 0 Å². The number of carbonyl (C=O) groups is 2. The number of amides is 1. The number of aliphatic carboxylic acids is 1. The lowest BCUT2D eigenvalue weighted by Gasteiger charge is -2.34. The fraction of sp³-hybridized carbons (Fsp3) is 0.429. The molecule has 1 fully saturated rings. The lowest BCUT2D eigenvalue weighted by molar-refractivity contribution is -0.147. The molecular weight excluding hydrogens is 262 g/mol. The van der Waals surface area contributed by atoms with Gasteiger partial charge in [0.2, 0.25) is 5.91 Å². The van der Waals surface area contributed by atoms with Gasteiger partial charge in [-0.3, -0.25) is 9.59 Å². The van der Waals surface area contributed by atoms with Crippen molar-refractivity contribution in [3.8, 4) is 0 Å². The zero-order chi connectivity index (χ0) is 13.8. The van der Waals surface area contributed by atoms with Gasteiger partial charge < -0.3 is 10.0 Å². The first-order chi connectivity index (χ1) is 9.08. The summed E-state index contributed by atoms with van der Waals surface area (Å²) in [5.74, 6) is -1.12. The summed E-state index contributed by atoms with van der Waals surface area (Å²) in [4.78, 5) is 25.8. The molecule has 1 aromatic heterocycles. The second-order valence-corrected chi connectivity index (χ2v) is 5.82. The second-order valence-electron chi connectivity index (χ2n) is 4.84. The summed E-state index contributed by atoms with van der Waals surface area (Å²) in [6.07, 6.45) is 3.91. The van der Waals surface area contributed by atoms with Crippen LogP contribution in [0.1, 0.15) is 18.2 Å². The highest BCUT2D eigenvalue weighted by Gasteiger charge is 2.32. The molecule has 0 radical (unpaired) electrons. The summed E-state index contributed by atoms with van der Waals surface area (Å²) in [5, 5.41) is 11.0. The Labute approximate surface area is 116 Å². The maximum absolute atomic E-state index is 12.0. The average molecular weight is 279 g/mol. The minimum absolute atomic E-state index is 0.00494. The van der Waals surface area contributed by atoms with Crippen molar-refractivity contribution in [2.75, 3.05) is 13.1 Å². The van der Waals surface area contributed by atoms with Crippen molar-refractivity contribution in [1.82, 2.24) is 4.90 Å². The van der Waals surface area contributed by atoms with Crippen molar-refractivity contribution in [3.05, 3.63) is 28.5 Å². The number of hydrogen-bond acceptors (Lipinski definition) is 3. The van der Waals surface area contributed by atoms with E-state index in [0.717, 1.165) is 4.88 Å². The van der Waals surface area contributed by atoms with E-state index in [0.29, 0.717) is 19.5 Å². The molecule has 0 aliphatic carbocycles. The molecule has 2 atom stereocenters. The normalized spacial score (nSPS) is 23.7. The molecule has 102 valence electrons. The summed E-state index contributed by atoms with van der Waals surface area (Å²) in [6, 6.07) is 3.89. The highest BCUT2D eigenvalue weighted by Crippen LogP contribution is 2.23. The highest BCUT2D eigenvalue weighted by atomic mass is 32.1. The van der Waals surface area contributed by atoms with Crippen molar-refractivity contribution < 1.29 is 14.7 Å². The Hall–Kier alpha value is -1.62. The Morgan fingerprint density at radius 1 is 1.53 bits per heavy atom. The zero-order valence-electron chi connectivity index (χ0n) is 10.8. The van der Waals surface area contributed by atoms with Gasteiger partial charge in [-0.15, -0.1) is 11.3 Å². The average Bonchev–Trinajstić information content (AvgIpc) is 2.88. The molecule has 1 aliphatic heterocycles. The Balaban J connectivity index is 1.93. The minimum Gasteiger partial charge on any atom is -0.481 e. The van der Waals surface area contributed by atoms with Gasteiger partial charge in [0, 0.05) is 24.0 Å². The smallest absolute Gasteiger partial charge is 0.306 e. The SMILES string of the molecule is CC1CN(C(=O)/C=C/c2cccs2)CCC1C(=O)O. The third-order valence-corrected chi connectivity index (χ3v) is 4.31. The summed E-state index contributed by atoms with van der Waals surface area (Å²) < 4.78 is 0. The van der Waals surface area contributed by atoms with Gasteiger partial charge in [0.05, 0.1) is 5.92 Å². The standard InChI is InChI=1S/C14H17NO3S/c1-10-9-15(7-6-12(10)14(17)18)13(16)5-4-11-3-2-8-19-11/h2-5,8,10,12H,6-7,9H2,1H3,(H,17,18)/b5-4+. The summed E-state index contributed by atoms with van der Waals surface area (Å²) in [5.41, 5.74) is 0. The lowest BCUT2D eigenvalue weighted by atomic mass is 9.87. The van der Waals surface area contributed by atoms with Crippen molar-refractivity contribution >= 4 is 29.3 Å². The molecule has 0 spiro atoms. The molecule has 19 heavy (non-hydrogen) atoms. The van der Waals surface area contributed by atoms with E-state index < -0.39 is 5.97 Å². The van der Waals surface area contributed by atoms with Crippen molar-refractivity contribution in [3.63, 3.8) is 0 Å². The predicted molar refractivity (Wildman–Crippen MR) is 74.8 cm³/mol. The summed E-state index contributed by atoms with van der Waals surface area (Å²) in [6.45, 7) is 2.93. The number of hydrogen-bond donors (Lipinski definition) is 1. The molecule has 1 aliphatic rings. The number of nitrogens with zero attached hydrogens (tertiary/aromatic N) is 1. The second kappa shape index (κ2) is 6.02. The molecule has 1 N–H and O–H groups in total. The number of thiophene rings is 1. The topological polar surface area (TPSA) is 57.6 Å². The number of likely N-dealkylation sites (tertiary alicyclic amines) is 1. The van der Waals surface area contributed by atoms with E-state index in [2.05, 4.69) is 0 Å². The van der Waals surface area contributed by atoms with Crippen molar-refractivity contribution in [2.24, 2.45) is 11.8 Å².